The Labute approximate surface area is 110 Å². The van der Waals surface area contributed by atoms with E-state index in [1.807, 2.05) is 7.11 Å². The summed E-state index contributed by atoms with van der Waals surface area (Å²) in [6.45, 7) is 0.901. The van der Waals surface area contributed by atoms with Crippen molar-refractivity contribution in [2.45, 2.75) is 75.0 Å². The number of rotatable bonds is 3. The highest BCUT2D eigenvalue weighted by Crippen LogP contribution is 2.47. The molecule has 0 aromatic heterocycles. The first-order chi connectivity index (χ1) is 8.70. The minimum Gasteiger partial charge on any atom is -0.377 e. The Morgan fingerprint density at radius 2 is 1.89 bits per heavy atom. The summed E-state index contributed by atoms with van der Waals surface area (Å²) in [7, 11) is 1.84. The van der Waals surface area contributed by atoms with Gasteiger partial charge >= 0.3 is 0 Å². The molecule has 3 heteroatoms. The van der Waals surface area contributed by atoms with Crippen LogP contribution in [0, 0.1) is 5.92 Å². The molecule has 3 aliphatic rings. The van der Waals surface area contributed by atoms with Crippen molar-refractivity contribution in [3.05, 3.63) is 0 Å². The third-order valence-corrected chi connectivity index (χ3v) is 5.77. The van der Waals surface area contributed by atoms with Gasteiger partial charge in [0.05, 0.1) is 11.2 Å². The normalized spacial score (nSPS) is 35.3. The molecular formula is C15H27NO2. The van der Waals surface area contributed by atoms with Crippen molar-refractivity contribution < 1.29 is 9.47 Å². The molecule has 3 nitrogen and oxygen atoms in total. The van der Waals surface area contributed by atoms with Crippen LogP contribution in [0.5, 0.6) is 0 Å². The largest absolute Gasteiger partial charge is 0.377 e. The molecular weight excluding hydrogens is 226 g/mol. The van der Waals surface area contributed by atoms with E-state index in [0.29, 0.717) is 5.92 Å². The molecule has 2 saturated carbocycles. The minimum absolute atomic E-state index is 0.0121. The molecule has 1 saturated heterocycles. The van der Waals surface area contributed by atoms with Gasteiger partial charge < -0.3 is 15.2 Å². The minimum atomic E-state index is -0.0121. The summed E-state index contributed by atoms with van der Waals surface area (Å²) in [5.41, 5.74) is 6.74. The molecule has 0 aromatic rings. The molecule has 0 bridgehead atoms. The topological polar surface area (TPSA) is 44.5 Å². The van der Waals surface area contributed by atoms with Gasteiger partial charge in [-0.15, -0.1) is 0 Å². The second kappa shape index (κ2) is 4.77. The van der Waals surface area contributed by atoms with Crippen molar-refractivity contribution in [2.75, 3.05) is 13.7 Å². The van der Waals surface area contributed by atoms with Crippen LogP contribution in [-0.4, -0.2) is 31.0 Å². The number of nitrogens with two attached hydrogens (primary N) is 1. The molecule has 3 rings (SSSR count). The molecule has 18 heavy (non-hydrogen) atoms. The zero-order valence-corrected chi connectivity index (χ0v) is 11.6. The third kappa shape index (κ3) is 2.00. The summed E-state index contributed by atoms with van der Waals surface area (Å²) in [5, 5.41) is 0. The van der Waals surface area contributed by atoms with Crippen molar-refractivity contribution in [3.63, 3.8) is 0 Å². The second-order valence-electron chi connectivity index (χ2n) is 6.64. The maximum Gasteiger partial charge on any atom is 0.0831 e. The van der Waals surface area contributed by atoms with Crippen LogP contribution >= 0.6 is 0 Å². The first kappa shape index (κ1) is 12.9. The van der Waals surface area contributed by atoms with Crippen molar-refractivity contribution in [1.29, 1.82) is 0 Å². The van der Waals surface area contributed by atoms with Gasteiger partial charge in [0, 0.05) is 19.8 Å². The van der Waals surface area contributed by atoms with Gasteiger partial charge in [-0.1, -0.05) is 12.8 Å². The van der Waals surface area contributed by atoms with E-state index in [1.165, 1.54) is 38.5 Å². The molecule has 1 aliphatic heterocycles. The fourth-order valence-corrected chi connectivity index (χ4v) is 4.37. The van der Waals surface area contributed by atoms with E-state index in [9.17, 15) is 0 Å². The highest BCUT2D eigenvalue weighted by molar-refractivity contribution is 5.04. The van der Waals surface area contributed by atoms with E-state index in [0.717, 1.165) is 25.9 Å². The summed E-state index contributed by atoms with van der Waals surface area (Å²) in [4.78, 5) is 0. The van der Waals surface area contributed by atoms with E-state index >= 15 is 0 Å². The third-order valence-electron chi connectivity index (χ3n) is 5.77. The average molecular weight is 253 g/mol. The number of ether oxygens (including phenoxy) is 2. The standard InChI is InChI=1S/C15H27NO2/c1-17-15(8-4-9-15)13(16)12-5-10-18-14(11-12)6-2-3-7-14/h12-13H,2-11,16H2,1H3. The first-order valence-electron chi connectivity index (χ1n) is 7.64. The van der Waals surface area contributed by atoms with Crippen molar-refractivity contribution in [2.24, 2.45) is 11.7 Å². The molecule has 0 radical (unpaired) electrons. The average Bonchev–Trinajstić information content (AvgIpc) is 2.76. The molecule has 0 aromatic carbocycles. The van der Waals surface area contributed by atoms with Crippen LogP contribution in [0.15, 0.2) is 0 Å². The van der Waals surface area contributed by atoms with Gasteiger partial charge in [-0.25, -0.2) is 0 Å². The lowest BCUT2D eigenvalue weighted by atomic mass is 9.67. The summed E-state index contributed by atoms with van der Waals surface area (Å²) < 4.78 is 11.9. The summed E-state index contributed by atoms with van der Waals surface area (Å²) >= 11 is 0. The van der Waals surface area contributed by atoms with Crippen LogP contribution in [-0.2, 0) is 9.47 Å². The van der Waals surface area contributed by atoms with Gasteiger partial charge in [0.25, 0.3) is 0 Å². The fourth-order valence-electron chi connectivity index (χ4n) is 4.37. The highest BCUT2D eigenvalue weighted by Gasteiger charge is 2.49. The maximum atomic E-state index is 6.57. The summed E-state index contributed by atoms with van der Waals surface area (Å²) in [6, 6.07) is 0.206. The molecule has 0 amide bonds. The van der Waals surface area contributed by atoms with E-state index in [2.05, 4.69) is 0 Å². The highest BCUT2D eigenvalue weighted by atomic mass is 16.5. The predicted octanol–water partition coefficient (Wildman–Crippen LogP) is 2.62. The maximum absolute atomic E-state index is 6.57. The zero-order chi connectivity index (χ0) is 12.6. The molecule has 2 atom stereocenters. The van der Waals surface area contributed by atoms with E-state index in [4.69, 9.17) is 15.2 Å². The van der Waals surface area contributed by atoms with Crippen LogP contribution in [0.25, 0.3) is 0 Å². The van der Waals surface area contributed by atoms with Crippen LogP contribution in [0.1, 0.15) is 57.8 Å². The Kier molecular flexibility index (Phi) is 3.41. The van der Waals surface area contributed by atoms with Gasteiger partial charge in [0.1, 0.15) is 0 Å². The lowest BCUT2D eigenvalue weighted by Crippen LogP contribution is -2.59. The Morgan fingerprint density at radius 3 is 2.44 bits per heavy atom. The van der Waals surface area contributed by atoms with Gasteiger partial charge in [0.15, 0.2) is 0 Å². The molecule has 2 unspecified atom stereocenters. The first-order valence-corrected chi connectivity index (χ1v) is 7.64. The Hall–Kier alpha value is -0.120. The molecule has 104 valence electrons. The zero-order valence-electron chi connectivity index (χ0n) is 11.6. The van der Waals surface area contributed by atoms with Crippen LogP contribution in [0.3, 0.4) is 0 Å². The van der Waals surface area contributed by atoms with Crippen molar-refractivity contribution in [3.8, 4) is 0 Å². The van der Waals surface area contributed by atoms with Crippen molar-refractivity contribution in [1.82, 2.24) is 0 Å². The number of methoxy groups -OCH3 is 1. The van der Waals surface area contributed by atoms with E-state index in [-0.39, 0.29) is 17.2 Å². The lowest BCUT2D eigenvalue weighted by molar-refractivity contribution is -0.139. The number of hydrogen-bond donors (Lipinski definition) is 1. The van der Waals surface area contributed by atoms with Crippen LogP contribution in [0.2, 0.25) is 0 Å². The lowest BCUT2D eigenvalue weighted by Gasteiger charge is -2.50. The Bertz CT molecular complexity index is 289. The molecule has 1 spiro atoms. The fraction of sp³-hybridized carbons (Fsp3) is 1.00. The molecule has 2 N–H and O–H groups in total. The van der Waals surface area contributed by atoms with Crippen LogP contribution in [0.4, 0.5) is 0 Å². The van der Waals surface area contributed by atoms with E-state index < -0.39 is 0 Å². The predicted molar refractivity (Wildman–Crippen MR) is 71.4 cm³/mol. The Balaban J connectivity index is 1.68. The van der Waals surface area contributed by atoms with Gasteiger partial charge in [-0.2, -0.15) is 0 Å². The molecule has 1 heterocycles. The quantitative estimate of drug-likeness (QED) is 0.841. The summed E-state index contributed by atoms with van der Waals surface area (Å²) in [5.74, 6) is 0.595. The van der Waals surface area contributed by atoms with Gasteiger partial charge in [-0.3, -0.25) is 0 Å². The second-order valence-corrected chi connectivity index (χ2v) is 6.64. The van der Waals surface area contributed by atoms with Crippen molar-refractivity contribution >= 4 is 0 Å². The summed E-state index contributed by atoms with van der Waals surface area (Å²) in [6.07, 6.45) is 11.0. The van der Waals surface area contributed by atoms with Gasteiger partial charge in [0.2, 0.25) is 0 Å². The van der Waals surface area contributed by atoms with Crippen LogP contribution < -0.4 is 5.73 Å². The Morgan fingerprint density at radius 1 is 1.17 bits per heavy atom. The molecule has 2 aliphatic carbocycles. The SMILES string of the molecule is COC1(C(N)C2CCOC3(CCCC3)C2)CCC1. The smallest absolute Gasteiger partial charge is 0.0831 e. The van der Waals surface area contributed by atoms with E-state index in [1.54, 1.807) is 0 Å². The monoisotopic (exact) mass is 253 g/mol. The number of hydrogen-bond acceptors (Lipinski definition) is 3. The molecule has 3 fully saturated rings. The van der Waals surface area contributed by atoms with Gasteiger partial charge in [-0.05, 0) is 50.9 Å².